The van der Waals surface area contributed by atoms with Gasteiger partial charge in [-0.05, 0) is 24.3 Å². The van der Waals surface area contributed by atoms with Gasteiger partial charge in [-0.15, -0.1) is 0 Å². The quantitative estimate of drug-likeness (QED) is 0.759. The first-order chi connectivity index (χ1) is 7.83. The largest absolute Gasteiger partial charge is 0.405 e. The summed E-state index contributed by atoms with van der Waals surface area (Å²) in [5.74, 6) is -0.0185. The number of Topliss-reactive ketones (excluding diaryl/α,β-unsaturated/α-hetero) is 1. The zero-order chi connectivity index (χ0) is 13.1. The standard InChI is InChI=1S/C12H14F3NO/c1-3-11(17)9-4-6-10(7-5-9)16(2)8-12(13,14)15/h4-7H,3,8H2,1-2H3. The molecule has 0 radical (unpaired) electrons. The molecule has 0 fully saturated rings. The normalized spacial score (nSPS) is 11.4. The average Bonchev–Trinajstić information content (AvgIpc) is 2.26. The van der Waals surface area contributed by atoms with E-state index in [0.29, 0.717) is 17.7 Å². The van der Waals surface area contributed by atoms with Gasteiger partial charge >= 0.3 is 6.18 Å². The van der Waals surface area contributed by atoms with E-state index in [2.05, 4.69) is 0 Å². The van der Waals surface area contributed by atoms with Gasteiger partial charge in [-0.3, -0.25) is 4.79 Å². The Hall–Kier alpha value is -1.52. The molecule has 5 heteroatoms. The summed E-state index contributed by atoms with van der Waals surface area (Å²) < 4.78 is 36.5. The van der Waals surface area contributed by atoms with Gasteiger partial charge in [-0.1, -0.05) is 6.92 Å². The first kappa shape index (κ1) is 13.5. The molecule has 0 saturated heterocycles. The van der Waals surface area contributed by atoms with E-state index in [1.54, 1.807) is 19.1 Å². The third-order valence-electron chi connectivity index (χ3n) is 2.37. The van der Waals surface area contributed by atoms with E-state index in [9.17, 15) is 18.0 Å². The first-order valence-corrected chi connectivity index (χ1v) is 5.24. The molecule has 0 N–H and O–H groups in total. The van der Waals surface area contributed by atoms with Gasteiger partial charge in [-0.25, -0.2) is 0 Å². The van der Waals surface area contributed by atoms with Crippen LogP contribution in [-0.4, -0.2) is 25.6 Å². The summed E-state index contributed by atoms with van der Waals surface area (Å²) in [4.78, 5) is 12.4. The molecule has 94 valence electrons. The van der Waals surface area contributed by atoms with Crippen LogP contribution in [0.3, 0.4) is 0 Å². The molecule has 0 saturated carbocycles. The number of hydrogen-bond acceptors (Lipinski definition) is 2. The third kappa shape index (κ3) is 4.09. The highest BCUT2D eigenvalue weighted by molar-refractivity contribution is 5.96. The molecule has 0 aliphatic rings. The number of carbonyl (C=O) groups excluding carboxylic acids is 1. The Morgan fingerprint density at radius 1 is 1.24 bits per heavy atom. The summed E-state index contributed by atoms with van der Waals surface area (Å²) in [5, 5.41) is 0. The second-order valence-corrected chi connectivity index (χ2v) is 3.79. The number of alkyl halides is 3. The van der Waals surface area contributed by atoms with Crippen molar-refractivity contribution < 1.29 is 18.0 Å². The zero-order valence-electron chi connectivity index (χ0n) is 9.71. The van der Waals surface area contributed by atoms with Crippen LogP contribution in [0.15, 0.2) is 24.3 Å². The van der Waals surface area contributed by atoms with Gasteiger partial charge < -0.3 is 4.90 Å². The van der Waals surface area contributed by atoms with Crippen molar-refractivity contribution in [2.75, 3.05) is 18.5 Å². The Morgan fingerprint density at radius 3 is 2.18 bits per heavy atom. The lowest BCUT2D eigenvalue weighted by atomic mass is 10.1. The number of halogens is 3. The van der Waals surface area contributed by atoms with Crippen LogP contribution in [0, 0.1) is 0 Å². The van der Waals surface area contributed by atoms with E-state index in [4.69, 9.17) is 0 Å². The maximum atomic E-state index is 12.2. The smallest absolute Gasteiger partial charge is 0.366 e. The second-order valence-electron chi connectivity index (χ2n) is 3.79. The number of ketones is 1. The highest BCUT2D eigenvalue weighted by Crippen LogP contribution is 2.21. The number of nitrogens with zero attached hydrogens (tertiary/aromatic N) is 1. The fourth-order valence-corrected chi connectivity index (χ4v) is 1.47. The van der Waals surface area contributed by atoms with Crippen LogP contribution in [0.1, 0.15) is 23.7 Å². The molecule has 0 unspecified atom stereocenters. The minimum atomic E-state index is -4.23. The SMILES string of the molecule is CCC(=O)c1ccc(N(C)CC(F)(F)F)cc1. The Morgan fingerprint density at radius 2 is 1.76 bits per heavy atom. The Labute approximate surface area is 98.0 Å². The van der Waals surface area contributed by atoms with Gasteiger partial charge in [0, 0.05) is 24.7 Å². The fourth-order valence-electron chi connectivity index (χ4n) is 1.47. The second kappa shape index (κ2) is 5.21. The average molecular weight is 245 g/mol. The van der Waals surface area contributed by atoms with Crippen molar-refractivity contribution in [3.05, 3.63) is 29.8 Å². The molecule has 1 rings (SSSR count). The highest BCUT2D eigenvalue weighted by atomic mass is 19.4. The van der Waals surface area contributed by atoms with Gasteiger partial charge in [0.1, 0.15) is 6.54 Å². The van der Waals surface area contributed by atoms with Crippen molar-refractivity contribution in [2.24, 2.45) is 0 Å². The molecule has 2 nitrogen and oxygen atoms in total. The van der Waals surface area contributed by atoms with Crippen LogP contribution in [0.5, 0.6) is 0 Å². The first-order valence-electron chi connectivity index (χ1n) is 5.24. The topological polar surface area (TPSA) is 20.3 Å². The summed E-state index contributed by atoms with van der Waals surface area (Å²) in [5.41, 5.74) is 0.964. The minimum absolute atomic E-state index is 0.0185. The van der Waals surface area contributed by atoms with Crippen molar-refractivity contribution in [1.82, 2.24) is 0 Å². The zero-order valence-corrected chi connectivity index (χ0v) is 9.71. The Bertz CT molecular complexity index is 384. The number of benzene rings is 1. The maximum Gasteiger partial charge on any atom is 0.405 e. The van der Waals surface area contributed by atoms with Gasteiger partial charge in [0.15, 0.2) is 5.78 Å². The van der Waals surface area contributed by atoms with Crippen LogP contribution in [0.25, 0.3) is 0 Å². The fraction of sp³-hybridized carbons (Fsp3) is 0.417. The van der Waals surface area contributed by atoms with Crippen molar-refractivity contribution in [3.63, 3.8) is 0 Å². The molecular weight excluding hydrogens is 231 g/mol. The Kier molecular flexibility index (Phi) is 4.15. The van der Waals surface area contributed by atoms with Gasteiger partial charge in [0.2, 0.25) is 0 Å². The van der Waals surface area contributed by atoms with Gasteiger partial charge in [0.25, 0.3) is 0 Å². The predicted molar refractivity (Wildman–Crippen MR) is 60.4 cm³/mol. The molecule has 0 bridgehead atoms. The molecule has 1 aromatic rings. The van der Waals surface area contributed by atoms with Crippen LogP contribution >= 0.6 is 0 Å². The molecule has 17 heavy (non-hydrogen) atoms. The molecule has 0 heterocycles. The molecular formula is C12H14F3NO. The summed E-state index contributed by atoms with van der Waals surface area (Å²) in [6, 6.07) is 6.14. The monoisotopic (exact) mass is 245 g/mol. The summed E-state index contributed by atoms with van der Waals surface area (Å²) in [6.07, 6.45) is -3.84. The predicted octanol–water partition coefficient (Wildman–Crippen LogP) is 3.28. The van der Waals surface area contributed by atoms with Crippen LogP contribution in [0.4, 0.5) is 18.9 Å². The van der Waals surface area contributed by atoms with Crippen molar-refractivity contribution in [3.8, 4) is 0 Å². The van der Waals surface area contributed by atoms with Gasteiger partial charge in [-0.2, -0.15) is 13.2 Å². The lowest BCUT2D eigenvalue weighted by Crippen LogP contribution is -2.30. The number of anilines is 1. The third-order valence-corrected chi connectivity index (χ3v) is 2.37. The van der Waals surface area contributed by atoms with Crippen molar-refractivity contribution >= 4 is 11.5 Å². The molecule has 0 atom stereocenters. The van der Waals surface area contributed by atoms with E-state index >= 15 is 0 Å². The van der Waals surface area contributed by atoms with E-state index in [1.807, 2.05) is 0 Å². The van der Waals surface area contributed by atoms with E-state index in [1.165, 1.54) is 19.2 Å². The number of hydrogen-bond donors (Lipinski definition) is 0. The van der Waals surface area contributed by atoms with Crippen molar-refractivity contribution in [1.29, 1.82) is 0 Å². The van der Waals surface area contributed by atoms with Gasteiger partial charge in [0.05, 0.1) is 0 Å². The lowest BCUT2D eigenvalue weighted by Gasteiger charge is -2.20. The lowest BCUT2D eigenvalue weighted by molar-refractivity contribution is -0.119. The summed E-state index contributed by atoms with van der Waals surface area (Å²) >= 11 is 0. The molecule has 1 aromatic carbocycles. The molecule has 0 amide bonds. The molecule has 0 aromatic heterocycles. The Balaban J connectivity index is 2.77. The van der Waals surface area contributed by atoms with Crippen LogP contribution in [-0.2, 0) is 0 Å². The molecule has 0 aliphatic carbocycles. The highest BCUT2D eigenvalue weighted by Gasteiger charge is 2.29. The van der Waals surface area contributed by atoms with Crippen LogP contribution in [0.2, 0.25) is 0 Å². The van der Waals surface area contributed by atoms with E-state index in [-0.39, 0.29) is 5.78 Å². The molecule has 0 spiro atoms. The summed E-state index contributed by atoms with van der Waals surface area (Å²) in [7, 11) is 1.37. The molecule has 0 aliphatic heterocycles. The number of carbonyl (C=O) groups is 1. The minimum Gasteiger partial charge on any atom is -0.366 e. The van der Waals surface area contributed by atoms with E-state index in [0.717, 1.165) is 4.90 Å². The summed E-state index contributed by atoms with van der Waals surface area (Å²) in [6.45, 7) is 0.736. The maximum absolute atomic E-state index is 12.2. The van der Waals surface area contributed by atoms with Crippen LogP contribution < -0.4 is 4.90 Å². The van der Waals surface area contributed by atoms with Crippen molar-refractivity contribution in [2.45, 2.75) is 19.5 Å². The number of rotatable bonds is 4. The van der Waals surface area contributed by atoms with E-state index < -0.39 is 12.7 Å².